The molecule has 3 N–H and O–H groups in total. The van der Waals surface area contributed by atoms with Crippen LogP contribution in [-0.2, 0) is 4.79 Å². The number of nitrogens with zero attached hydrogens (tertiary/aromatic N) is 2. The monoisotopic (exact) mass is 240 g/mol. The highest BCUT2D eigenvalue weighted by molar-refractivity contribution is 7.99. The van der Waals surface area contributed by atoms with Gasteiger partial charge in [-0.15, -0.1) is 0 Å². The molecule has 0 aliphatic carbocycles. The molecule has 0 aromatic carbocycles. The van der Waals surface area contributed by atoms with Crippen molar-refractivity contribution in [2.45, 2.75) is 31.7 Å². The largest absolute Gasteiger partial charge is 0.294 e. The van der Waals surface area contributed by atoms with E-state index in [0.717, 1.165) is 16.5 Å². The molecular weight excluding hydrogens is 224 g/mol. The third-order valence-electron chi connectivity index (χ3n) is 1.88. The molecule has 0 aliphatic rings. The molecule has 16 heavy (non-hydrogen) atoms. The van der Waals surface area contributed by atoms with Gasteiger partial charge in [0.25, 0.3) is 0 Å². The van der Waals surface area contributed by atoms with E-state index in [-0.39, 0.29) is 17.6 Å². The average molecular weight is 240 g/mol. The molecule has 5 nitrogen and oxygen atoms in total. The first kappa shape index (κ1) is 12.9. The van der Waals surface area contributed by atoms with E-state index in [1.807, 2.05) is 26.8 Å². The van der Waals surface area contributed by atoms with Crippen LogP contribution < -0.4 is 11.3 Å². The minimum atomic E-state index is -0.215. The van der Waals surface area contributed by atoms with Crippen molar-refractivity contribution in [1.82, 2.24) is 15.4 Å². The lowest BCUT2D eigenvalue weighted by atomic mass is 10.2. The standard InChI is InChI=1S/C10H16N4OS/c1-6(2)10-12-7(3)4-9(13-10)16-5-8(15)14-11/h4,6H,5,11H2,1-3H3,(H,14,15). The van der Waals surface area contributed by atoms with Crippen molar-refractivity contribution < 1.29 is 4.79 Å². The van der Waals surface area contributed by atoms with Crippen LogP contribution in [0.15, 0.2) is 11.1 Å². The van der Waals surface area contributed by atoms with Crippen LogP contribution in [0.5, 0.6) is 0 Å². The quantitative estimate of drug-likeness (QED) is 0.270. The number of hydrogen-bond donors (Lipinski definition) is 2. The van der Waals surface area contributed by atoms with Gasteiger partial charge in [0.15, 0.2) is 0 Å². The highest BCUT2D eigenvalue weighted by atomic mass is 32.2. The van der Waals surface area contributed by atoms with Crippen LogP contribution in [-0.4, -0.2) is 21.6 Å². The van der Waals surface area contributed by atoms with E-state index in [1.165, 1.54) is 11.8 Å². The number of thioether (sulfide) groups is 1. The molecule has 0 fully saturated rings. The van der Waals surface area contributed by atoms with Crippen LogP contribution in [0.2, 0.25) is 0 Å². The SMILES string of the molecule is Cc1cc(SCC(=O)NN)nc(C(C)C)n1. The molecule has 88 valence electrons. The number of aromatic nitrogens is 2. The van der Waals surface area contributed by atoms with Crippen LogP contribution in [0.1, 0.15) is 31.3 Å². The van der Waals surface area contributed by atoms with Crippen molar-refractivity contribution in [2.24, 2.45) is 5.84 Å². The molecule has 0 aliphatic heterocycles. The molecule has 0 radical (unpaired) electrons. The summed E-state index contributed by atoms with van der Waals surface area (Å²) >= 11 is 1.36. The van der Waals surface area contributed by atoms with Gasteiger partial charge in [-0.25, -0.2) is 15.8 Å². The first-order valence-corrected chi connectivity index (χ1v) is 5.99. The second kappa shape index (κ2) is 5.81. The van der Waals surface area contributed by atoms with Gasteiger partial charge in [0.05, 0.1) is 5.75 Å². The molecule has 0 spiro atoms. The molecule has 6 heteroatoms. The zero-order chi connectivity index (χ0) is 12.1. The van der Waals surface area contributed by atoms with Gasteiger partial charge in [0.2, 0.25) is 5.91 Å². The molecule has 1 rings (SSSR count). The topological polar surface area (TPSA) is 80.9 Å². The van der Waals surface area contributed by atoms with Crippen molar-refractivity contribution in [2.75, 3.05) is 5.75 Å². The Labute approximate surface area is 99.2 Å². The van der Waals surface area contributed by atoms with Gasteiger partial charge in [-0.05, 0) is 13.0 Å². The second-order valence-electron chi connectivity index (χ2n) is 3.72. The number of carbonyl (C=O) groups excluding carboxylic acids is 1. The van der Waals surface area contributed by atoms with Gasteiger partial charge in [-0.3, -0.25) is 10.2 Å². The van der Waals surface area contributed by atoms with E-state index in [0.29, 0.717) is 0 Å². The smallest absolute Gasteiger partial charge is 0.244 e. The second-order valence-corrected chi connectivity index (χ2v) is 4.71. The first-order valence-electron chi connectivity index (χ1n) is 5.00. The highest BCUT2D eigenvalue weighted by Gasteiger charge is 2.08. The number of carbonyl (C=O) groups is 1. The fraction of sp³-hybridized carbons (Fsp3) is 0.500. The molecule has 1 heterocycles. The predicted octanol–water partition coefficient (Wildman–Crippen LogP) is 0.990. The summed E-state index contributed by atoms with van der Waals surface area (Å²) in [6.07, 6.45) is 0. The third kappa shape index (κ3) is 3.79. The van der Waals surface area contributed by atoms with Crippen LogP contribution in [0.4, 0.5) is 0 Å². The van der Waals surface area contributed by atoms with Crippen molar-refractivity contribution in [1.29, 1.82) is 0 Å². The van der Waals surface area contributed by atoms with Gasteiger partial charge in [0, 0.05) is 11.6 Å². The summed E-state index contributed by atoms with van der Waals surface area (Å²) in [6.45, 7) is 5.99. The van der Waals surface area contributed by atoms with Crippen molar-refractivity contribution >= 4 is 17.7 Å². The third-order valence-corrected chi connectivity index (χ3v) is 2.79. The molecule has 0 saturated carbocycles. The van der Waals surface area contributed by atoms with E-state index in [9.17, 15) is 4.79 Å². The molecule has 0 unspecified atom stereocenters. The van der Waals surface area contributed by atoms with Gasteiger partial charge >= 0.3 is 0 Å². The Morgan fingerprint density at radius 3 is 2.81 bits per heavy atom. The molecule has 0 bridgehead atoms. The Kier molecular flexibility index (Phi) is 4.70. The van der Waals surface area contributed by atoms with Gasteiger partial charge < -0.3 is 0 Å². The average Bonchev–Trinajstić information content (AvgIpc) is 2.25. The fourth-order valence-corrected chi connectivity index (χ4v) is 1.85. The zero-order valence-corrected chi connectivity index (χ0v) is 10.5. The van der Waals surface area contributed by atoms with Crippen LogP contribution in [0.3, 0.4) is 0 Å². The summed E-state index contributed by atoms with van der Waals surface area (Å²) in [4.78, 5) is 19.7. The minimum absolute atomic E-state index is 0.215. The molecule has 1 aromatic heterocycles. The predicted molar refractivity (Wildman–Crippen MR) is 63.9 cm³/mol. The van der Waals surface area contributed by atoms with Gasteiger partial charge in [0.1, 0.15) is 10.9 Å². The molecular formula is C10H16N4OS. The van der Waals surface area contributed by atoms with E-state index >= 15 is 0 Å². The fourth-order valence-electron chi connectivity index (χ4n) is 1.08. The number of amides is 1. The molecule has 0 atom stereocenters. The summed E-state index contributed by atoms with van der Waals surface area (Å²) < 4.78 is 0. The zero-order valence-electron chi connectivity index (χ0n) is 9.65. The molecule has 1 amide bonds. The van der Waals surface area contributed by atoms with E-state index in [4.69, 9.17) is 5.84 Å². The highest BCUT2D eigenvalue weighted by Crippen LogP contribution is 2.18. The van der Waals surface area contributed by atoms with E-state index < -0.39 is 0 Å². The maximum absolute atomic E-state index is 11.0. The summed E-state index contributed by atoms with van der Waals surface area (Å²) in [5, 5.41) is 0.805. The lowest BCUT2D eigenvalue weighted by Crippen LogP contribution is -2.31. The van der Waals surface area contributed by atoms with Crippen molar-refractivity contribution in [3.8, 4) is 0 Å². The number of nitrogens with two attached hydrogens (primary N) is 1. The van der Waals surface area contributed by atoms with Gasteiger partial charge in [-0.2, -0.15) is 0 Å². The summed E-state index contributed by atoms with van der Waals surface area (Å²) in [5.41, 5.74) is 3.00. The van der Waals surface area contributed by atoms with Crippen LogP contribution in [0, 0.1) is 6.92 Å². The number of hydrogen-bond acceptors (Lipinski definition) is 5. The summed E-state index contributed by atoms with van der Waals surface area (Å²) in [7, 11) is 0. The maximum Gasteiger partial charge on any atom is 0.244 e. The number of aryl methyl sites for hydroxylation is 1. The Morgan fingerprint density at radius 2 is 2.25 bits per heavy atom. The Balaban J connectivity index is 2.76. The summed E-state index contributed by atoms with van der Waals surface area (Å²) in [5.74, 6) is 6.13. The molecule has 1 aromatic rings. The van der Waals surface area contributed by atoms with Gasteiger partial charge in [-0.1, -0.05) is 25.6 Å². The Hall–Kier alpha value is -1.14. The van der Waals surface area contributed by atoms with Crippen molar-refractivity contribution in [3.05, 3.63) is 17.6 Å². The Morgan fingerprint density at radius 1 is 1.56 bits per heavy atom. The van der Waals surface area contributed by atoms with Crippen LogP contribution >= 0.6 is 11.8 Å². The molecule has 0 saturated heterocycles. The number of rotatable bonds is 4. The normalized spacial score (nSPS) is 10.6. The first-order chi connectivity index (χ1) is 7.52. The maximum atomic E-state index is 11.0. The van der Waals surface area contributed by atoms with Crippen LogP contribution in [0.25, 0.3) is 0 Å². The lowest BCUT2D eigenvalue weighted by Gasteiger charge is -2.07. The Bertz CT molecular complexity index is 381. The van der Waals surface area contributed by atoms with Crippen molar-refractivity contribution in [3.63, 3.8) is 0 Å². The number of hydrazine groups is 1. The summed E-state index contributed by atoms with van der Waals surface area (Å²) in [6, 6.07) is 1.86. The number of nitrogens with one attached hydrogen (secondary N) is 1. The van der Waals surface area contributed by atoms with E-state index in [2.05, 4.69) is 15.4 Å². The lowest BCUT2D eigenvalue weighted by molar-refractivity contribution is -0.118. The van der Waals surface area contributed by atoms with E-state index in [1.54, 1.807) is 0 Å². The minimum Gasteiger partial charge on any atom is -0.294 e.